The number of nitrogens with zero attached hydrogens (tertiary/aromatic N) is 1. The molecule has 0 saturated carbocycles. The molecule has 0 aromatic carbocycles. The van der Waals surface area contributed by atoms with E-state index in [1.54, 1.807) is 0 Å². The number of rotatable bonds is 7. The summed E-state index contributed by atoms with van der Waals surface area (Å²) in [5.41, 5.74) is 1.25. The lowest BCUT2D eigenvalue weighted by atomic mass is 10.2. The third kappa shape index (κ3) is 4.28. The molecule has 0 aliphatic rings. The molecule has 3 nitrogen and oxygen atoms in total. The molecule has 1 atom stereocenters. The minimum Gasteiger partial charge on any atom is -0.395 e. The highest BCUT2D eigenvalue weighted by Crippen LogP contribution is 2.03. The Morgan fingerprint density at radius 2 is 2.40 bits per heavy atom. The summed E-state index contributed by atoms with van der Waals surface area (Å²) in [6.45, 7) is 1.04. The van der Waals surface area contributed by atoms with Crippen molar-refractivity contribution in [1.29, 1.82) is 0 Å². The standard InChI is InChI=1S/C11H20N2OS/c1-13-6-3-4-11(13)8-12-10(9-14)5-7-15-2/h3-4,6,10,12,14H,5,7-9H2,1-2H3. The van der Waals surface area contributed by atoms with Crippen LogP contribution >= 0.6 is 11.8 Å². The van der Waals surface area contributed by atoms with E-state index in [-0.39, 0.29) is 12.6 Å². The SMILES string of the molecule is CSCCC(CO)NCc1cccn1C. The average molecular weight is 228 g/mol. The van der Waals surface area contributed by atoms with Gasteiger partial charge in [-0.05, 0) is 30.6 Å². The average Bonchev–Trinajstić information content (AvgIpc) is 2.65. The first-order valence-corrected chi connectivity index (χ1v) is 6.60. The second-order valence-corrected chi connectivity index (χ2v) is 4.64. The molecule has 0 fully saturated rings. The monoisotopic (exact) mass is 228 g/mol. The fourth-order valence-corrected chi connectivity index (χ4v) is 1.97. The van der Waals surface area contributed by atoms with Crippen LogP contribution in [0, 0.1) is 0 Å². The van der Waals surface area contributed by atoms with E-state index in [2.05, 4.69) is 22.2 Å². The van der Waals surface area contributed by atoms with Gasteiger partial charge in [-0.15, -0.1) is 0 Å². The number of aliphatic hydroxyl groups is 1. The fraction of sp³-hybridized carbons (Fsp3) is 0.636. The summed E-state index contributed by atoms with van der Waals surface area (Å²) >= 11 is 1.82. The molecule has 1 aromatic rings. The van der Waals surface area contributed by atoms with E-state index in [9.17, 15) is 5.11 Å². The van der Waals surface area contributed by atoms with Crippen molar-refractivity contribution < 1.29 is 5.11 Å². The van der Waals surface area contributed by atoms with Gasteiger partial charge in [0.15, 0.2) is 0 Å². The Bertz CT molecular complexity index is 275. The highest BCUT2D eigenvalue weighted by atomic mass is 32.2. The lowest BCUT2D eigenvalue weighted by molar-refractivity contribution is 0.238. The Balaban J connectivity index is 2.31. The molecular formula is C11H20N2OS. The van der Waals surface area contributed by atoms with Gasteiger partial charge >= 0.3 is 0 Å². The van der Waals surface area contributed by atoms with Crippen LogP contribution < -0.4 is 5.32 Å². The number of aliphatic hydroxyl groups excluding tert-OH is 1. The largest absolute Gasteiger partial charge is 0.395 e. The lowest BCUT2D eigenvalue weighted by Crippen LogP contribution is -2.33. The van der Waals surface area contributed by atoms with Gasteiger partial charge in [-0.2, -0.15) is 11.8 Å². The molecule has 0 bridgehead atoms. The van der Waals surface area contributed by atoms with E-state index in [4.69, 9.17) is 0 Å². The van der Waals surface area contributed by atoms with Crippen LogP contribution in [0.3, 0.4) is 0 Å². The van der Waals surface area contributed by atoms with E-state index in [0.29, 0.717) is 0 Å². The summed E-state index contributed by atoms with van der Waals surface area (Å²) in [4.78, 5) is 0. The predicted octanol–water partition coefficient (Wildman–Crippen LogP) is 1.23. The molecule has 2 N–H and O–H groups in total. The van der Waals surface area contributed by atoms with E-state index in [1.165, 1.54) is 5.69 Å². The molecule has 1 heterocycles. The molecule has 15 heavy (non-hydrogen) atoms. The third-order valence-corrected chi connectivity index (χ3v) is 3.16. The van der Waals surface area contributed by atoms with Gasteiger partial charge in [-0.25, -0.2) is 0 Å². The van der Waals surface area contributed by atoms with Gasteiger partial charge in [0.05, 0.1) is 6.61 Å². The van der Waals surface area contributed by atoms with Crippen LogP contribution in [0.1, 0.15) is 12.1 Å². The first-order valence-electron chi connectivity index (χ1n) is 5.21. The van der Waals surface area contributed by atoms with E-state index < -0.39 is 0 Å². The highest BCUT2D eigenvalue weighted by Gasteiger charge is 2.06. The van der Waals surface area contributed by atoms with Crippen LogP contribution in [0.25, 0.3) is 0 Å². The summed E-state index contributed by atoms with van der Waals surface area (Å²) < 4.78 is 2.09. The van der Waals surface area contributed by atoms with E-state index in [0.717, 1.165) is 18.7 Å². The first kappa shape index (κ1) is 12.6. The van der Waals surface area contributed by atoms with Crippen LogP contribution in [0.5, 0.6) is 0 Å². The molecule has 0 amide bonds. The Morgan fingerprint density at radius 3 is 2.93 bits per heavy atom. The highest BCUT2D eigenvalue weighted by molar-refractivity contribution is 7.98. The van der Waals surface area contributed by atoms with Gasteiger partial charge in [0.2, 0.25) is 0 Å². The summed E-state index contributed by atoms with van der Waals surface area (Å²) in [5, 5.41) is 12.5. The summed E-state index contributed by atoms with van der Waals surface area (Å²) in [6, 6.07) is 4.34. The number of aryl methyl sites for hydroxylation is 1. The maximum Gasteiger partial charge on any atom is 0.0585 e. The molecule has 1 aromatic heterocycles. The van der Waals surface area contributed by atoms with Crippen molar-refractivity contribution in [3.63, 3.8) is 0 Å². The van der Waals surface area contributed by atoms with Crippen molar-refractivity contribution in [3.05, 3.63) is 24.0 Å². The van der Waals surface area contributed by atoms with Gasteiger partial charge < -0.3 is 15.0 Å². The molecule has 86 valence electrons. The minimum atomic E-state index is 0.213. The van der Waals surface area contributed by atoms with E-state index in [1.807, 2.05) is 31.1 Å². The summed E-state index contributed by atoms with van der Waals surface area (Å²) in [7, 11) is 2.03. The number of hydrogen-bond acceptors (Lipinski definition) is 3. The van der Waals surface area contributed by atoms with Crippen molar-refractivity contribution in [2.45, 2.75) is 19.0 Å². The van der Waals surface area contributed by atoms with E-state index >= 15 is 0 Å². The Labute approximate surface area is 95.9 Å². The molecular weight excluding hydrogens is 208 g/mol. The quantitative estimate of drug-likeness (QED) is 0.737. The van der Waals surface area contributed by atoms with Gasteiger partial charge in [0.25, 0.3) is 0 Å². The number of nitrogens with one attached hydrogen (secondary N) is 1. The smallest absolute Gasteiger partial charge is 0.0585 e. The second kappa shape index (κ2) is 6.93. The van der Waals surface area contributed by atoms with Crippen LogP contribution in [0.15, 0.2) is 18.3 Å². The Morgan fingerprint density at radius 1 is 1.60 bits per heavy atom. The summed E-state index contributed by atoms with van der Waals surface area (Å²) in [5.74, 6) is 1.09. The van der Waals surface area contributed by atoms with Crippen molar-refractivity contribution in [3.8, 4) is 0 Å². The minimum absolute atomic E-state index is 0.213. The molecule has 0 saturated heterocycles. The molecule has 0 radical (unpaired) electrons. The van der Waals surface area contributed by atoms with Crippen LogP contribution in [-0.2, 0) is 13.6 Å². The second-order valence-electron chi connectivity index (χ2n) is 3.65. The molecule has 1 unspecified atom stereocenters. The first-order chi connectivity index (χ1) is 7.27. The lowest BCUT2D eigenvalue weighted by Gasteiger charge is -2.15. The molecule has 0 spiro atoms. The fourth-order valence-electron chi connectivity index (χ4n) is 1.45. The number of aromatic nitrogens is 1. The zero-order valence-electron chi connectivity index (χ0n) is 9.44. The van der Waals surface area contributed by atoms with Gasteiger partial charge in [0, 0.05) is 31.5 Å². The Hall–Kier alpha value is -0.450. The van der Waals surface area contributed by atoms with Crippen LogP contribution in [0.4, 0.5) is 0 Å². The molecule has 0 aliphatic heterocycles. The maximum atomic E-state index is 9.17. The Kier molecular flexibility index (Phi) is 5.83. The zero-order chi connectivity index (χ0) is 11.1. The van der Waals surface area contributed by atoms with Crippen molar-refractivity contribution >= 4 is 11.8 Å². The topological polar surface area (TPSA) is 37.2 Å². The molecule has 1 rings (SSSR count). The number of hydrogen-bond donors (Lipinski definition) is 2. The van der Waals surface area contributed by atoms with Crippen molar-refractivity contribution in [1.82, 2.24) is 9.88 Å². The van der Waals surface area contributed by atoms with Crippen LogP contribution in [0.2, 0.25) is 0 Å². The van der Waals surface area contributed by atoms with Gasteiger partial charge in [0.1, 0.15) is 0 Å². The number of thioether (sulfide) groups is 1. The van der Waals surface area contributed by atoms with Gasteiger partial charge in [-0.1, -0.05) is 0 Å². The normalized spacial score (nSPS) is 13.0. The third-order valence-electron chi connectivity index (χ3n) is 2.51. The zero-order valence-corrected chi connectivity index (χ0v) is 10.3. The van der Waals surface area contributed by atoms with Gasteiger partial charge in [-0.3, -0.25) is 0 Å². The maximum absolute atomic E-state index is 9.17. The van der Waals surface area contributed by atoms with Crippen molar-refractivity contribution in [2.24, 2.45) is 7.05 Å². The molecule has 0 aliphatic carbocycles. The van der Waals surface area contributed by atoms with Crippen molar-refractivity contribution in [2.75, 3.05) is 18.6 Å². The summed E-state index contributed by atoms with van der Waals surface area (Å²) in [6.07, 6.45) is 5.14. The molecule has 4 heteroatoms. The van der Waals surface area contributed by atoms with Crippen LogP contribution in [-0.4, -0.2) is 34.3 Å². The predicted molar refractivity (Wildman–Crippen MR) is 66.1 cm³/mol.